The van der Waals surface area contributed by atoms with Crippen LogP contribution in [0.15, 0.2) is 309 Å². The van der Waals surface area contributed by atoms with Gasteiger partial charge in [0, 0.05) is 61.2 Å². The Kier molecular flexibility index (Phi) is 13.6. The van der Waals surface area contributed by atoms with Crippen LogP contribution in [0.5, 0.6) is 0 Å². The zero-order chi connectivity index (χ0) is 64.2. The van der Waals surface area contributed by atoms with Crippen LogP contribution in [0.4, 0.5) is 34.1 Å². The predicted octanol–water partition coefficient (Wildman–Crippen LogP) is 25.0. The SMILES string of the molecule is CC1(C)c2cc(-c3ccc(N(c4ccccc4)c4ccccc4)c4ccccc34)cc3c2-n2c4c1cc(-c1ccc(N(c5ccccc5)c5ccccc5)c5c1CCC=C5)cc4c1cc(-c4ccc(CCC(c5ccccc5)c5ccccc5)c5ccccc45)cc(c12)C3(C)C. The van der Waals surface area contributed by atoms with Gasteiger partial charge in [0.1, 0.15) is 0 Å². The second-order valence-electron chi connectivity index (χ2n) is 27.7. The highest BCUT2D eigenvalue weighted by Gasteiger charge is 2.45. The lowest BCUT2D eigenvalue weighted by Gasteiger charge is -2.43. The summed E-state index contributed by atoms with van der Waals surface area (Å²) < 4.78 is 2.72. The number of hydrogen-bond donors (Lipinski definition) is 0. The Labute approximate surface area is 563 Å². The van der Waals surface area contributed by atoms with Crippen LogP contribution < -0.4 is 9.80 Å². The van der Waals surface area contributed by atoms with Gasteiger partial charge in [-0.05, 0) is 217 Å². The molecule has 1 aromatic heterocycles. The van der Waals surface area contributed by atoms with Crippen molar-refractivity contribution in [3.63, 3.8) is 0 Å². The topological polar surface area (TPSA) is 11.4 Å². The summed E-state index contributed by atoms with van der Waals surface area (Å²) in [7, 11) is 0. The summed E-state index contributed by atoms with van der Waals surface area (Å²) in [5.74, 6) is 0.285. The fourth-order valence-electron chi connectivity index (χ4n) is 17.0. The molecule has 0 amide bonds. The van der Waals surface area contributed by atoms with E-state index in [-0.39, 0.29) is 5.92 Å². The third-order valence-corrected chi connectivity index (χ3v) is 21.7. The zero-order valence-corrected chi connectivity index (χ0v) is 54.8. The Morgan fingerprint density at radius 1 is 0.365 bits per heavy atom. The second-order valence-corrected chi connectivity index (χ2v) is 27.7. The first-order valence-electron chi connectivity index (χ1n) is 34.3. The van der Waals surface area contributed by atoms with Crippen molar-refractivity contribution in [1.29, 1.82) is 0 Å². The highest BCUT2D eigenvalue weighted by Crippen LogP contribution is 2.59. The van der Waals surface area contributed by atoms with Crippen molar-refractivity contribution in [2.45, 2.75) is 70.1 Å². The molecule has 3 nitrogen and oxygen atoms in total. The van der Waals surface area contributed by atoms with Gasteiger partial charge >= 0.3 is 0 Å². The molecule has 0 saturated carbocycles. The van der Waals surface area contributed by atoms with Gasteiger partial charge in [0.15, 0.2) is 0 Å². The van der Waals surface area contributed by atoms with E-state index in [0.717, 1.165) is 54.1 Å². The highest BCUT2D eigenvalue weighted by atomic mass is 15.1. The van der Waals surface area contributed by atoms with Crippen molar-refractivity contribution < 1.29 is 0 Å². The van der Waals surface area contributed by atoms with E-state index in [1.165, 1.54) is 138 Å². The summed E-state index contributed by atoms with van der Waals surface area (Å²) in [5.41, 5.74) is 29.8. The molecule has 0 spiro atoms. The fraction of sp³-hybridized carbons (Fsp3) is 0.118. The summed E-state index contributed by atoms with van der Waals surface area (Å²) in [6, 6.07) is 114. The fourth-order valence-corrected chi connectivity index (χ4v) is 17.0. The molecule has 0 saturated heterocycles. The summed E-state index contributed by atoms with van der Waals surface area (Å²) >= 11 is 0. The molecule has 0 fully saturated rings. The number of allylic oxidation sites excluding steroid dienone is 1. The quantitative estimate of drug-likeness (QED) is 0.108. The van der Waals surface area contributed by atoms with Crippen molar-refractivity contribution in [1.82, 2.24) is 4.57 Å². The minimum Gasteiger partial charge on any atom is -0.310 e. The number of rotatable bonds is 14. The maximum atomic E-state index is 2.72. The summed E-state index contributed by atoms with van der Waals surface area (Å²) in [6.45, 7) is 10.0. The van der Waals surface area contributed by atoms with E-state index in [4.69, 9.17) is 0 Å². The standard InChI is InChI=1S/C93H73N3/c1-92(2)83-57-64(73-50-48-63(72-41-23-24-42-76(72)73)47-49-71(61-29-11-5-12-30-61)62-31-13-6-14-32-62)55-81-82-56-65(74-51-53-87(79-45-27-25-43-77(74)79)94(67-33-15-7-16-34-67)68-35-17-8-18-36-68)58-84-90(82)96(89(81)83)91-85(92)59-66(60-86(91)93(84,3)4)75-52-54-88(80-46-28-26-44-78(75)80)95(69-37-19-9-20-38-69)70-39-21-10-22-40-70/h5-24,26-42,44-46,48,50-60,71H,25,43,47,49H2,1-4H3. The van der Waals surface area contributed by atoms with Crippen LogP contribution in [-0.4, -0.2) is 4.57 Å². The van der Waals surface area contributed by atoms with Crippen molar-refractivity contribution in [2.24, 2.45) is 0 Å². The van der Waals surface area contributed by atoms with Crippen LogP contribution in [0.25, 0.3) is 88.5 Å². The Bertz CT molecular complexity index is 5450. The molecule has 0 atom stereocenters. The van der Waals surface area contributed by atoms with Crippen molar-refractivity contribution in [3.05, 3.63) is 359 Å². The predicted molar refractivity (Wildman–Crippen MR) is 406 cm³/mol. The van der Waals surface area contributed by atoms with Gasteiger partial charge in [0.05, 0.1) is 28.1 Å². The summed E-state index contributed by atoms with van der Waals surface area (Å²) in [4.78, 5) is 4.85. The molecular weight excluding hydrogens is 1160 g/mol. The lowest BCUT2D eigenvalue weighted by molar-refractivity contribution is 0.594. The number of aryl methyl sites for hydroxylation is 1. The number of benzene rings is 14. The maximum Gasteiger partial charge on any atom is 0.0582 e. The molecule has 0 bridgehead atoms. The van der Waals surface area contributed by atoms with Gasteiger partial charge in [-0.25, -0.2) is 0 Å². The van der Waals surface area contributed by atoms with E-state index in [1.807, 2.05) is 0 Å². The molecule has 0 radical (unpaired) electrons. The number of hydrogen-bond acceptors (Lipinski definition) is 2. The van der Waals surface area contributed by atoms with Crippen LogP contribution in [0.1, 0.15) is 96.5 Å². The molecule has 15 aromatic rings. The Hall–Kier alpha value is -11.3. The molecule has 3 aliphatic rings. The lowest BCUT2D eigenvalue weighted by atomic mass is 9.67. The summed E-state index contributed by atoms with van der Waals surface area (Å²) in [5, 5.41) is 7.66. The van der Waals surface area contributed by atoms with E-state index in [2.05, 4.69) is 358 Å². The largest absolute Gasteiger partial charge is 0.310 e. The smallest absolute Gasteiger partial charge is 0.0582 e. The van der Waals surface area contributed by atoms with Gasteiger partial charge in [-0.15, -0.1) is 0 Å². The molecule has 0 unspecified atom stereocenters. The zero-order valence-electron chi connectivity index (χ0n) is 54.8. The van der Waals surface area contributed by atoms with E-state index >= 15 is 0 Å². The van der Waals surface area contributed by atoms with Gasteiger partial charge in [-0.1, -0.05) is 246 Å². The van der Waals surface area contributed by atoms with Crippen molar-refractivity contribution in [3.8, 4) is 39.1 Å². The first-order chi connectivity index (χ1) is 47.2. The Balaban J connectivity index is 0.859. The third-order valence-electron chi connectivity index (χ3n) is 21.7. The number of para-hydroxylation sites is 4. The average molecular weight is 1230 g/mol. The van der Waals surface area contributed by atoms with Crippen LogP contribution in [0, 0.1) is 0 Å². The second kappa shape index (κ2) is 22.8. The van der Waals surface area contributed by atoms with E-state index in [1.54, 1.807) is 0 Å². The lowest BCUT2D eigenvalue weighted by Crippen LogP contribution is -2.33. The first kappa shape index (κ1) is 57.4. The molecule has 18 rings (SSSR count). The monoisotopic (exact) mass is 1230 g/mol. The van der Waals surface area contributed by atoms with E-state index < -0.39 is 10.8 Å². The molecule has 96 heavy (non-hydrogen) atoms. The number of aromatic nitrogens is 1. The molecule has 1 aliphatic carbocycles. The van der Waals surface area contributed by atoms with Crippen molar-refractivity contribution in [2.75, 3.05) is 9.80 Å². The minimum atomic E-state index is -0.411. The van der Waals surface area contributed by atoms with E-state index in [0.29, 0.717) is 0 Å². The third kappa shape index (κ3) is 9.15. The van der Waals surface area contributed by atoms with Crippen LogP contribution in [0.3, 0.4) is 0 Å². The number of fused-ring (bicyclic) bond motifs is 4. The average Bonchev–Trinajstić information content (AvgIpc) is 1.43. The highest BCUT2D eigenvalue weighted by molar-refractivity contribution is 6.17. The molecule has 460 valence electrons. The van der Waals surface area contributed by atoms with Crippen LogP contribution in [-0.2, 0) is 23.7 Å². The van der Waals surface area contributed by atoms with Crippen LogP contribution in [0.2, 0.25) is 0 Å². The first-order valence-corrected chi connectivity index (χ1v) is 34.3. The van der Waals surface area contributed by atoms with Gasteiger partial charge in [-0.3, -0.25) is 0 Å². The maximum absolute atomic E-state index is 2.72. The van der Waals surface area contributed by atoms with Gasteiger partial charge in [0.2, 0.25) is 0 Å². The van der Waals surface area contributed by atoms with E-state index in [9.17, 15) is 0 Å². The molecule has 3 heteroatoms. The molecule has 3 heterocycles. The van der Waals surface area contributed by atoms with Gasteiger partial charge < -0.3 is 14.4 Å². The Morgan fingerprint density at radius 2 is 0.760 bits per heavy atom. The van der Waals surface area contributed by atoms with Gasteiger partial charge in [0.25, 0.3) is 0 Å². The van der Waals surface area contributed by atoms with Gasteiger partial charge in [-0.2, -0.15) is 0 Å². The normalized spacial score (nSPS) is 13.8. The summed E-state index contributed by atoms with van der Waals surface area (Å²) in [6.07, 6.45) is 8.67. The van der Waals surface area contributed by atoms with Crippen molar-refractivity contribution >= 4 is 83.6 Å². The molecule has 2 aliphatic heterocycles. The Morgan fingerprint density at radius 3 is 1.28 bits per heavy atom. The minimum absolute atomic E-state index is 0.285. The van der Waals surface area contributed by atoms with Crippen LogP contribution >= 0.6 is 0 Å². The molecule has 14 aromatic carbocycles. The molecular formula is C93H73N3. The number of anilines is 6. The molecule has 0 N–H and O–H groups in total. The number of nitrogens with zero attached hydrogens (tertiary/aromatic N) is 3.